The van der Waals surface area contributed by atoms with Gasteiger partial charge in [-0.3, -0.25) is 10.1 Å². The van der Waals surface area contributed by atoms with Gasteiger partial charge < -0.3 is 9.47 Å². The molecular weight excluding hydrogens is 264 g/mol. The summed E-state index contributed by atoms with van der Waals surface area (Å²) in [5, 5.41) is 13.7. The molecule has 0 fully saturated rings. The van der Waals surface area contributed by atoms with Crippen LogP contribution >= 0.6 is 0 Å². The highest BCUT2D eigenvalue weighted by molar-refractivity contribution is 5.44. The smallest absolute Gasteiger partial charge is 0.240 e. The fourth-order valence-electron chi connectivity index (χ4n) is 1.79. The molecule has 0 saturated carbocycles. The minimum Gasteiger partial charge on any atom is -0.490 e. The molecule has 2 atom stereocenters. The van der Waals surface area contributed by atoms with Crippen molar-refractivity contribution in [2.75, 3.05) is 13.2 Å². The number of benzene rings is 1. The summed E-state index contributed by atoms with van der Waals surface area (Å²) in [6, 6.07) is 2.65. The van der Waals surface area contributed by atoms with Crippen LogP contribution in [0.15, 0.2) is 23.4 Å². The lowest BCUT2D eigenvalue weighted by Gasteiger charge is -2.15. The zero-order valence-corrected chi connectivity index (χ0v) is 11.7. The maximum Gasteiger partial charge on any atom is 0.240 e. The average molecular weight is 282 g/mol. The van der Waals surface area contributed by atoms with Gasteiger partial charge in [0.2, 0.25) is 6.04 Å². The van der Waals surface area contributed by atoms with Gasteiger partial charge in [0.15, 0.2) is 17.5 Å². The number of hydrogen-bond acceptors (Lipinski definition) is 6. The number of nitro groups is 1. The molecule has 0 bridgehead atoms. The van der Waals surface area contributed by atoms with Crippen LogP contribution in [0.1, 0.15) is 32.4 Å². The van der Waals surface area contributed by atoms with Gasteiger partial charge in [0, 0.05) is 11.8 Å². The van der Waals surface area contributed by atoms with Gasteiger partial charge in [-0.15, -0.1) is 4.91 Å². The number of nitroso groups, excluding NO2 is 1. The molecule has 0 aromatic heterocycles. The lowest BCUT2D eigenvalue weighted by molar-refractivity contribution is -0.522. The Bertz CT molecular complexity index is 478. The minimum absolute atomic E-state index is 0.424. The number of ether oxygens (including phenoxy) is 2. The van der Waals surface area contributed by atoms with Crippen molar-refractivity contribution in [3.63, 3.8) is 0 Å². The van der Waals surface area contributed by atoms with Crippen LogP contribution in [-0.2, 0) is 0 Å². The van der Waals surface area contributed by atoms with Crippen LogP contribution in [0.25, 0.3) is 0 Å². The summed E-state index contributed by atoms with van der Waals surface area (Å²) in [6.45, 7) is 5.90. The molecule has 1 aromatic rings. The van der Waals surface area contributed by atoms with E-state index in [2.05, 4.69) is 5.18 Å². The minimum atomic E-state index is -1.10. The molecule has 0 heterocycles. The third kappa shape index (κ3) is 3.66. The van der Waals surface area contributed by atoms with E-state index in [1.54, 1.807) is 18.2 Å². The molecule has 7 heteroatoms. The third-order valence-corrected chi connectivity index (χ3v) is 2.81. The molecular formula is C13H18N2O5. The van der Waals surface area contributed by atoms with Crippen molar-refractivity contribution in [3.05, 3.63) is 38.8 Å². The van der Waals surface area contributed by atoms with Gasteiger partial charge in [-0.1, -0.05) is 11.2 Å². The van der Waals surface area contributed by atoms with Crippen LogP contribution < -0.4 is 9.47 Å². The van der Waals surface area contributed by atoms with Gasteiger partial charge in [-0.05, 0) is 31.5 Å². The summed E-state index contributed by atoms with van der Waals surface area (Å²) in [6.07, 6.45) is 0. The molecule has 0 radical (unpaired) electrons. The average Bonchev–Trinajstić information content (AvgIpc) is 2.42. The van der Waals surface area contributed by atoms with E-state index in [9.17, 15) is 15.0 Å². The van der Waals surface area contributed by atoms with Crippen LogP contribution in [0.2, 0.25) is 0 Å². The van der Waals surface area contributed by atoms with E-state index in [-0.39, 0.29) is 0 Å². The standard InChI is InChI=1S/C13H18N2O5/c1-4-19-11-7-6-10(8-12(11)20-5-2)13(14-16)9(3)15(17)18/h6-9,13H,4-5H2,1-3H3. The zero-order valence-electron chi connectivity index (χ0n) is 11.7. The summed E-state index contributed by atoms with van der Waals surface area (Å²) < 4.78 is 10.8. The molecule has 0 spiro atoms. The van der Waals surface area contributed by atoms with Gasteiger partial charge in [-0.25, -0.2) is 0 Å². The van der Waals surface area contributed by atoms with E-state index in [4.69, 9.17) is 9.47 Å². The Morgan fingerprint density at radius 3 is 2.35 bits per heavy atom. The van der Waals surface area contributed by atoms with Gasteiger partial charge >= 0.3 is 0 Å². The Hall–Kier alpha value is -2.18. The van der Waals surface area contributed by atoms with E-state index >= 15 is 0 Å². The summed E-state index contributed by atoms with van der Waals surface area (Å²) >= 11 is 0. The number of nitrogens with zero attached hydrogens (tertiary/aromatic N) is 2. The van der Waals surface area contributed by atoms with Crippen LogP contribution in [0, 0.1) is 15.0 Å². The van der Waals surface area contributed by atoms with Crippen LogP contribution in [0.5, 0.6) is 11.5 Å². The second-order valence-corrected chi connectivity index (χ2v) is 4.15. The lowest BCUT2D eigenvalue weighted by atomic mass is 10.0. The molecule has 0 N–H and O–H groups in total. The molecule has 2 unspecified atom stereocenters. The molecule has 0 aliphatic rings. The van der Waals surface area contributed by atoms with Crippen LogP contribution in [-0.4, -0.2) is 24.2 Å². The lowest BCUT2D eigenvalue weighted by Crippen LogP contribution is -2.22. The topological polar surface area (TPSA) is 91.0 Å². The summed E-state index contributed by atoms with van der Waals surface area (Å²) in [4.78, 5) is 21.2. The van der Waals surface area contributed by atoms with Crippen molar-refractivity contribution < 1.29 is 14.4 Å². The Morgan fingerprint density at radius 2 is 1.85 bits per heavy atom. The van der Waals surface area contributed by atoms with E-state index in [0.717, 1.165) is 0 Å². The quantitative estimate of drug-likeness (QED) is 0.415. The molecule has 7 nitrogen and oxygen atoms in total. The molecule has 1 aromatic carbocycles. The van der Waals surface area contributed by atoms with Crippen LogP contribution in [0.3, 0.4) is 0 Å². The van der Waals surface area contributed by atoms with Crippen molar-refractivity contribution >= 4 is 0 Å². The fraction of sp³-hybridized carbons (Fsp3) is 0.538. The van der Waals surface area contributed by atoms with E-state index in [1.165, 1.54) is 6.92 Å². The number of hydrogen-bond donors (Lipinski definition) is 0. The Labute approximate surface area is 117 Å². The van der Waals surface area contributed by atoms with Gasteiger partial charge in [0.05, 0.1) is 13.2 Å². The highest BCUT2D eigenvalue weighted by Crippen LogP contribution is 2.33. The maximum atomic E-state index is 10.9. The molecule has 0 aliphatic heterocycles. The third-order valence-electron chi connectivity index (χ3n) is 2.81. The SMILES string of the molecule is CCOc1ccc(C(N=O)C(C)[N+](=O)[O-])cc1OCC. The summed E-state index contributed by atoms with van der Waals surface area (Å²) in [5.74, 6) is 0.993. The second kappa shape index (κ2) is 7.42. The Morgan fingerprint density at radius 1 is 1.25 bits per heavy atom. The molecule has 0 amide bonds. The van der Waals surface area contributed by atoms with Crippen molar-refractivity contribution in [1.82, 2.24) is 0 Å². The largest absolute Gasteiger partial charge is 0.490 e. The predicted octanol–water partition coefficient (Wildman–Crippen LogP) is 2.96. The fourth-order valence-corrected chi connectivity index (χ4v) is 1.79. The van der Waals surface area contributed by atoms with Crippen molar-refractivity contribution in [2.45, 2.75) is 32.9 Å². The van der Waals surface area contributed by atoms with Gasteiger partial charge in [0.25, 0.3) is 0 Å². The monoisotopic (exact) mass is 282 g/mol. The first-order chi connectivity index (χ1) is 9.54. The van der Waals surface area contributed by atoms with E-state index in [0.29, 0.717) is 30.3 Å². The summed E-state index contributed by atoms with van der Waals surface area (Å²) in [5.41, 5.74) is 0.441. The van der Waals surface area contributed by atoms with Crippen molar-refractivity contribution in [2.24, 2.45) is 5.18 Å². The first-order valence-electron chi connectivity index (χ1n) is 6.40. The molecule has 1 rings (SSSR count). The van der Waals surface area contributed by atoms with Gasteiger partial charge in [0.1, 0.15) is 0 Å². The first-order valence-corrected chi connectivity index (χ1v) is 6.40. The molecule has 0 aliphatic carbocycles. The van der Waals surface area contributed by atoms with E-state index in [1.807, 2.05) is 13.8 Å². The van der Waals surface area contributed by atoms with E-state index < -0.39 is 17.0 Å². The molecule has 0 saturated heterocycles. The maximum absolute atomic E-state index is 10.9. The number of rotatable bonds is 8. The van der Waals surface area contributed by atoms with Crippen LogP contribution in [0.4, 0.5) is 0 Å². The predicted molar refractivity (Wildman–Crippen MR) is 73.8 cm³/mol. The molecule has 110 valence electrons. The Balaban J connectivity index is 3.14. The normalized spacial score (nSPS) is 13.3. The highest BCUT2D eigenvalue weighted by atomic mass is 16.6. The Kier molecular flexibility index (Phi) is 5.89. The van der Waals surface area contributed by atoms with Crippen molar-refractivity contribution in [3.8, 4) is 11.5 Å². The van der Waals surface area contributed by atoms with Crippen molar-refractivity contribution in [1.29, 1.82) is 0 Å². The molecule has 20 heavy (non-hydrogen) atoms. The highest BCUT2D eigenvalue weighted by Gasteiger charge is 2.30. The zero-order chi connectivity index (χ0) is 15.1. The summed E-state index contributed by atoms with van der Waals surface area (Å²) in [7, 11) is 0. The second-order valence-electron chi connectivity index (χ2n) is 4.15. The first kappa shape index (κ1) is 15.9. The van der Waals surface area contributed by atoms with Gasteiger partial charge in [-0.2, -0.15) is 0 Å².